The Labute approximate surface area is 88.9 Å². The Morgan fingerprint density at radius 2 is 1.92 bits per heavy atom. The molecule has 0 aliphatic heterocycles. The summed E-state index contributed by atoms with van der Waals surface area (Å²) in [6, 6.07) is 6.87. The molecule has 0 fully saturated rings. The fourth-order valence-electron chi connectivity index (χ4n) is 1.26. The number of benzene rings is 1. The third kappa shape index (κ3) is 3.00. The summed E-state index contributed by atoms with van der Waals surface area (Å²) in [5, 5.41) is 0. The predicted octanol–water partition coefficient (Wildman–Crippen LogP) is 1.74. The summed E-state index contributed by atoms with van der Waals surface area (Å²) in [5.41, 5.74) is 2.82. The van der Waals surface area contributed by atoms with Crippen molar-refractivity contribution < 1.29 is 0 Å². The van der Waals surface area contributed by atoms with Gasteiger partial charge in [-0.05, 0) is 0 Å². The quantitative estimate of drug-likeness (QED) is 0.835. The van der Waals surface area contributed by atoms with Crippen LogP contribution in [0.2, 0.25) is 4.87 Å². The van der Waals surface area contributed by atoms with Crippen molar-refractivity contribution in [1.82, 2.24) is 3.48 Å². The van der Waals surface area contributed by atoms with Gasteiger partial charge in [0.2, 0.25) is 0 Å². The number of nitrogens with one attached hydrogen (secondary N) is 1. The molecule has 0 spiro atoms. The summed E-state index contributed by atoms with van der Waals surface area (Å²) < 4.78 is 5.15. The first-order chi connectivity index (χ1) is 6.15. The van der Waals surface area contributed by atoms with Crippen molar-refractivity contribution in [2.24, 2.45) is 0 Å². The first-order valence-corrected chi connectivity index (χ1v) is 9.80. The van der Waals surface area contributed by atoms with Crippen LogP contribution in [0.5, 0.6) is 0 Å². The van der Waals surface area contributed by atoms with Gasteiger partial charge in [-0.3, -0.25) is 0 Å². The van der Waals surface area contributed by atoms with Gasteiger partial charge in [0.05, 0.1) is 0 Å². The summed E-state index contributed by atoms with van der Waals surface area (Å²) in [5.74, 6) is 0. The van der Waals surface area contributed by atoms with Gasteiger partial charge >= 0.3 is 89.0 Å². The van der Waals surface area contributed by atoms with Crippen LogP contribution in [0.25, 0.3) is 0 Å². The summed E-state index contributed by atoms with van der Waals surface area (Å²) in [6.07, 6.45) is 0. The first kappa shape index (κ1) is 11.1. The van der Waals surface area contributed by atoms with Crippen molar-refractivity contribution in [3.63, 3.8) is 0 Å². The number of aryl methyl sites for hydroxylation is 2. The molecule has 0 atom stereocenters. The summed E-state index contributed by atoms with van der Waals surface area (Å²) in [4.78, 5) is 2.39. The van der Waals surface area contributed by atoms with Gasteiger partial charge in [-0.25, -0.2) is 0 Å². The van der Waals surface area contributed by atoms with Gasteiger partial charge in [0.25, 0.3) is 0 Å². The van der Waals surface area contributed by atoms with Crippen molar-refractivity contribution in [2.45, 2.75) is 25.6 Å². The van der Waals surface area contributed by atoms with Crippen molar-refractivity contribution in [1.29, 1.82) is 0 Å². The molecule has 0 saturated carbocycles. The zero-order valence-electron chi connectivity index (χ0n) is 8.89. The van der Waals surface area contributed by atoms with Crippen LogP contribution in [0.1, 0.15) is 18.1 Å². The molecule has 0 radical (unpaired) electrons. The fraction of sp³-hybridized carbons (Fsp3) is 0.455. The molecular weight excluding hydrogens is 268 g/mol. The number of hydrogen-bond acceptors (Lipinski definition) is 1. The van der Waals surface area contributed by atoms with Gasteiger partial charge < -0.3 is 0 Å². The molecule has 0 heterocycles. The Kier molecular flexibility index (Phi) is 4.28. The molecule has 0 unspecified atom stereocenters. The van der Waals surface area contributed by atoms with E-state index in [-0.39, 0.29) is 0 Å². The van der Waals surface area contributed by atoms with Crippen LogP contribution in [0.3, 0.4) is 0 Å². The third-order valence-electron chi connectivity index (χ3n) is 2.27. The molecule has 1 N–H and O–H groups in total. The van der Waals surface area contributed by atoms with Crippen LogP contribution in [-0.4, -0.2) is 27.0 Å². The Bertz CT molecular complexity index is 283. The minimum absolute atomic E-state index is 1.10. The fourth-order valence-corrected chi connectivity index (χ4v) is 5.09. The van der Waals surface area contributed by atoms with Gasteiger partial charge in [-0.1, -0.05) is 0 Å². The van der Waals surface area contributed by atoms with E-state index in [1.807, 2.05) is 0 Å². The second-order valence-corrected chi connectivity index (χ2v) is 8.91. The number of rotatable bonds is 3. The molecule has 1 aromatic rings. The molecule has 1 rings (SSSR count). The molecule has 0 amide bonds. The standard InChI is InChI=1S/C8H9.C2H6N.CH3.Sb/c1-7-5-3-4-6-8(7)2;1-2-3;;/h3,5-6H,1-2H3;3H,2H2,1H3;1H3;/q;-1;;+1. The molecule has 0 aliphatic carbocycles. The second kappa shape index (κ2) is 5.02. The van der Waals surface area contributed by atoms with E-state index in [9.17, 15) is 0 Å². The molecule has 2 heteroatoms. The van der Waals surface area contributed by atoms with Crippen LogP contribution in [0.15, 0.2) is 18.2 Å². The van der Waals surface area contributed by atoms with Crippen LogP contribution in [-0.2, 0) is 0 Å². The van der Waals surface area contributed by atoms with E-state index in [2.05, 4.69) is 47.3 Å². The third-order valence-corrected chi connectivity index (χ3v) is 7.53. The monoisotopic (exact) mass is 285 g/mol. The molecule has 1 aromatic carbocycles. The zero-order valence-corrected chi connectivity index (χ0v) is 11.4. The average molecular weight is 286 g/mol. The second-order valence-electron chi connectivity index (χ2n) is 3.34. The molecule has 0 bridgehead atoms. The van der Waals surface area contributed by atoms with E-state index in [0.717, 1.165) is 6.54 Å². The molecule has 0 aromatic heterocycles. The first-order valence-electron chi connectivity index (χ1n) is 4.69. The van der Waals surface area contributed by atoms with E-state index in [1.54, 1.807) is 3.51 Å². The summed E-state index contributed by atoms with van der Waals surface area (Å²) in [6.45, 7) is 7.65. The van der Waals surface area contributed by atoms with Crippen molar-refractivity contribution in [3.05, 3.63) is 29.3 Å². The van der Waals surface area contributed by atoms with E-state index in [1.165, 1.54) is 11.1 Å². The Hall–Kier alpha value is -0.00182. The van der Waals surface area contributed by atoms with Crippen molar-refractivity contribution in [3.8, 4) is 0 Å². The number of hydrogen-bond donors (Lipinski definition) is 1. The molecule has 0 saturated heterocycles. The molecule has 1 nitrogen and oxygen atoms in total. The van der Waals surface area contributed by atoms with Crippen molar-refractivity contribution >= 4 is 24.0 Å². The van der Waals surface area contributed by atoms with Crippen LogP contribution in [0, 0.1) is 13.8 Å². The van der Waals surface area contributed by atoms with Crippen LogP contribution >= 0.6 is 0 Å². The van der Waals surface area contributed by atoms with Gasteiger partial charge in [0, 0.05) is 0 Å². The van der Waals surface area contributed by atoms with E-state index < -0.39 is 20.5 Å². The SMILES string of the molecule is CC[NH][Sb]([CH3])[c]1ccc(C)c(C)c1. The van der Waals surface area contributed by atoms with Gasteiger partial charge in [-0.2, -0.15) is 0 Å². The Morgan fingerprint density at radius 3 is 2.46 bits per heavy atom. The Morgan fingerprint density at radius 1 is 1.23 bits per heavy atom. The summed E-state index contributed by atoms with van der Waals surface area (Å²) >= 11 is -1.28. The Balaban J connectivity index is 2.84. The maximum atomic E-state index is 3.59. The van der Waals surface area contributed by atoms with E-state index in [4.69, 9.17) is 0 Å². The van der Waals surface area contributed by atoms with E-state index in [0.29, 0.717) is 0 Å². The minimum atomic E-state index is -1.28. The molecule has 13 heavy (non-hydrogen) atoms. The molecular formula is C11H18NSb. The maximum absolute atomic E-state index is 3.59. The van der Waals surface area contributed by atoms with Crippen molar-refractivity contribution in [2.75, 3.05) is 6.54 Å². The normalized spacial score (nSPS) is 10.8. The van der Waals surface area contributed by atoms with Gasteiger partial charge in [-0.15, -0.1) is 0 Å². The summed E-state index contributed by atoms with van der Waals surface area (Å²) in [7, 11) is 0. The van der Waals surface area contributed by atoms with Crippen LogP contribution in [0.4, 0.5) is 0 Å². The topological polar surface area (TPSA) is 12.0 Å². The van der Waals surface area contributed by atoms with E-state index >= 15 is 0 Å². The molecule has 0 aliphatic rings. The zero-order chi connectivity index (χ0) is 9.84. The average Bonchev–Trinajstić information content (AvgIpc) is 2.10. The van der Waals surface area contributed by atoms with Gasteiger partial charge in [0.15, 0.2) is 0 Å². The van der Waals surface area contributed by atoms with Crippen LogP contribution < -0.4 is 6.99 Å². The molecule has 72 valence electrons. The predicted molar refractivity (Wildman–Crippen MR) is 60.8 cm³/mol. The van der Waals surface area contributed by atoms with Gasteiger partial charge in [0.1, 0.15) is 0 Å².